The Bertz CT molecular complexity index is 1430. The summed E-state index contributed by atoms with van der Waals surface area (Å²) in [6.45, 7) is 4.66. The lowest BCUT2D eigenvalue weighted by Crippen LogP contribution is -2.14. The van der Waals surface area contributed by atoms with Gasteiger partial charge in [0.1, 0.15) is 29.4 Å². The molecule has 1 aromatic heterocycles. The molecule has 0 spiro atoms. The van der Waals surface area contributed by atoms with Gasteiger partial charge in [-0.15, -0.1) is 0 Å². The van der Waals surface area contributed by atoms with Crippen LogP contribution in [0.4, 0.5) is 17.6 Å². The molecule has 0 aliphatic carbocycles. The number of ether oxygens (including phenoxy) is 1. The number of benzene rings is 3. The number of carbonyl (C=O) groups excluding carboxylic acids is 1. The second kappa shape index (κ2) is 10.5. The molecule has 0 saturated carbocycles. The number of fused-ring (bicyclic) bond motifs is 1. The molecule has 35 heavy (non-hydrogen) atoms. The Morgan fingerprint density at radius 3 is 2.43 bits per heavy atom. The van der Waals surface area contributed by atoms with Gasteiger partial charge < -0.3 is 9.30 Å². The summed E-state index contributed by atoms with van der Waals surface area (Å²) < 4.78 is 62.5. The monoisotopic (exact) mass is 486 g/mol. The molecule has 0 atom stereocenters. The average Bonchev–Trinajstić information content (AvgIpc) is 2.83. The molecular formula is C26H22F4N2O3. The van der Waals surface area contributed by atoms with E-state index < -0.39 is 28.7 Å². The van der Waals surface area contributed by atoms with E-state index in [0.717, 1.165) is 18.2 Å². The maximum Gasteiger partial charge on any atom is 0.280 e. The Balaban J connectivity index is 0.00000167. The predicted octanol–water partition coefficient (Wildman–Crippen LogP) is 6.47. The molecule has 0 bridgehead atoms. The van der Waals surface area contributed by atoms with E-state index >= 15 is 0 Å². The number of alkyl halides is 2. The Morgan fingerprint density at radius 1 is 1.03 bits per heavy atom. The van der Waals surface area contributed by atoms with Crippen LogP contribution < -0.4 is 10.3 Å². The van der Waals surface area contributed by atoms with E-state index in [1.54, 1.807) is 0 Å². The first-order chi connectivity index (χ1) is 16.7. The van der Waals surface area contributed by atoms with E-state index in [9.17, 15) is 27.2 Å². The van der Waals surface area contributed by atoms with E-state index in [1.165, 1.54) is 47.3 Å². The van der Waals surface area contributed by atoms with Crippen molar-refractivity contribution in [1.29, 1.82) is 0 Å². The molecule has 0 fully saturated rings. The van der Waals surface area contributed by atoms with Gasteiger partial charge in [0.05, 0.1) is 29.3 Å². The molecule has 1 heterocycles. The van der Waals surface area contributed by atoms with Crippen molar-refractivity contribution in [2.75, 3.05) is 0 Å². The van der Waals surface area contributed by atoms with Crippen LogP contribution in [0.25, 0.3) is 10.9 Å². The molecule has 182 valence electrons. The van der Waals surface area contributed by atoms with Crippen LogP contribution >= 0.6 is 0 Å². The first-order valence-corrected chi connectivity index (χ1v) is 10.7. The van der Waals surface area contributed by atoms with Crippen LogP contribution in [0.1, 0.15) is 42.3 Å². The number of halogens is 4. The molecule has 9 heteroatoms. The number of hydrogen-bond acceptors (Lipinski definition) is 4. The highest BCUT2D eigenvalue weighted by molar-refractivity contribution is 5.80. The van der Waals surface area contributed by atoms with Crippen LogP contribution in [0.2, 0.25) is 0 Å². The van der Waals surface area contributed by atoms with E-state index in [1.807, 2.05) is 13.8 Å². The van der Waals surface area contributed by atoms with Gasteiger partial charge in [-0.3, -0.25) is 9.59 Å². The van der Waals surface area contributed by atoms with Gasteiger partial charge in [-0.25, -0.2) is 17.6 Å². The summed E-state index contributed by atoms with van der Waals surface area (Å²) in [6.07, 6.45) is 1.69. The molecule has 0 N–H and O–H groups in total. The fourth-order valence-electron chi connectivity index (χ4n) is 3.39. The van der Waals surface area contributed by atoms with Gasteiger partial charge in [0.25, 0.3) is 11.5 Å². The van der Waals surface area contributed by atoms with Gasteiger partial charge in [-0.2, -0.15) is 4.98 Å². The summed E-state index contributed by atoms with van der Waals surface area (Å²) >= 11 is 0. The molecule has 0 amide bonds. The summed E-state index contributed by atoms with van der Waals surface area (Å²) in [4.78, 5) is 27.1. The second-order valence-electron chi connectivity index (χ2n) is 7.46. The minimum Gasteiger partial charge on any atom is -0.457 e. The predicted molar refractivity (Wildman–Crippen MR) is 124 cm³/mol. The lowest BCUT2D eigenvalue weighted by Gasteiger charge is -2.17. The summed E-state index contributed by atoms with van der Waals surface area (Å²) in [5.41, 5.74) is -0.430. The zero-order valence-corrected chi connectivity index (χ0v) is 19.2. The number of carbonyl (C=O) groups is 1. The molecule has 0 saturated heterocycles. The number of aldehydes is 1. The molecule has 0 aliphatic rings. The molecule has 0 unspecified atom stereocenters. The standard InChI is InChI=1S/C24H16F4N2O3.C2H6/c1-24(27,28)19-8-14(12-31)2-7-22(19)33-17-5-6-21-18(10-17)23(32)29-13-30(21)11-15-3-4-16(25)9-20(15)26;1-2/h2-10,12-13H,11H2,1H3;1-2H3. The summed E-state index contributed by atoms with van der Waals surface area (Å²) in [5.74, 6) is -4.81. The van der Waals surface area contributed by atoms with Gasteiger partial charge >= 0.3 is 0 Å². The normalized spacial score (nSPS) is 11.1. The number of rotatable bonds is 6. The third kappa shape index (κ3) is 5.74. The SMILES string of the molecule is CC.CC(F)(F)c1cc(C=O)ccc1Oc1ccc2c(c1)c(=O)ncn2Cc1ccc(F)cc1F. The fourth-order valence-corrected chi connectivity index (χ4v) is 3.39. The first-order valence-electron chi connectivity index (χ1n) is 10.7. The van der Waals surface area contributed by atoms with Gasteiger partial charge in [0.2, 0.25) is 0 Å². The van der Waals surface area contributed by atoms with Crippen LogP contribution in [-0.4, -0.2) is 15.8 Å². The third-order valence-electron chi connectivity index (χ3n) is 5.02. The van der Waals surface area contributed by atoms with Crippen molar-refractivity contribution < 1.29 is 27.1 Å². The van der Waals surface area contributed by atoms with Gasteiger partial charge in [0.15, 0.2) is 0 Å². The maximum absolute atomic E-state index is 14.1. The minimum absolute atomic E-state index is 0.0184. The van der Waals surface area contributed by atoms with Crippen LogP contribution in [0.15, 0.2) is 65.7 Å². The molecule has 4 rings (SSSR count). The largest absolute Gasteiger partial charge is 0.457 e. The number of aromatic nitrogens is 2. The smallest absolute Gasteiger partial charge is 0.280 e. The van der Waals surface area contributed by atoms with E-state index in [4.69, 9.17) is 4.74 Å². The van der Waals surface area contributed by atoms with Gasteiger partial charge in [-0.1, -0.05) is 19.9 Å². The second-order valence-corrected chi connectivity index (χ2v) is 7.46. The average molecular weight is 486 g/mol. The molecular weight excluding hydrogens is 464 g/mol. The van der Waals surface area contributed by atoms with Crippen molar-refractivity contribution in [2.45, 2.75) is 33.2 Å². The molecule has 5 nitrogen and oxygen atoms in total. The molecule has 0 radical (unpaired) electrons. The highest BCUT2D eigenvalue weighted by Gasteiger charge is 2.29. The van der Waals surface area contributed by atoms with E-state index in [0.29, 0.717) is 18.7 Å². The Kier molecular flexibility index (Phi) is 7.68. The summed E-state index contributed by atoms with van der Waals surface area (Å²) in [7, 11) is 0. The van der Waals surface area contributed by atoms with Gasteiger partial charge in [-0.05, 0) is 42.5 Å². The van der Waals surface area contributed by atoms with Crippen molar-refractivity contribution in [2.24, 2.45) is 0 Å². The molecule has 0 aliphatic heterocycles. The van der Waals surface area contributed by atoms with E-state index in [2.05, 4.69) is 4.98 Å². The number of hydrogen-bond donors (Lipinski definition) is 0. The summed E-state index contributed by atoms with van der Waals surface area (Å²) in [6, 6.07) is 11.1. The van der Waals surface area contributed by atoms with Crippen molar-refractivity contribution >= 4 is 17.2 Å². The zero-order chi connectivity index (χ0) is 25.8. The highest BCUT2D eigenvalue weighted by Crippen LogP contribution is 2.37. The lowest BCUT2D eigenvalue weighted by molar-refractivity contribution is 0.0155. The summed E-state index contributed by atoms with van der Waals surface area (Å²) in [5, 5.41) is 0.117. The van der Waals surface area contributed by atoms with Gasteiger partial charge in [0, 0.05) is 24.1 Å². The Labute approximate surface area is 198 Å². The quantitative estimate of drug-likeness (QED) is 0.232. The van der Waals surface area contributed by atoms with Crippen LogP contribution in [0.5, 0.6) is 11.5 Å². The lowest BCUT2D eigenvalue weighted by atomic mass is 10.1. The molecule has 4 aromatic rings. The molecule has 3 aromatic carbocycles. The highest BCUT2D eigenvalue weighted by atomic mass is 19.3. The van der Waals surface area contributed by atoms with Crippen molar-refractivity contribution in [3.8, 4) is 11.5 Å². The Morgan fingerprint density at radius 2 is 1.77 bits per heavy atom. The fraction of sp³-hybridized carbons (Fsp3) is 0.192. The van der Waals surface area contributed by atoms with Crippen LogP contribution in [-0.2, 0) is 12.5 Å². The Hall–Kier alpha value is -4.01. The maximum atomic E-state index is 14.1. The van der Waals surface area contributed by atoms with Crippen LogP contribution in [0, 0.1) is 11.6 Å². The minimum atomic E-state index is -3.28. The van der Waals surface area contributed by atoms with Crippen molar-refractivity contribution in [3.05, 3.63) is 99.6 Å². The zero-order valence-electron chi connectivity index (χ0n) is 19.2. The van der Waals surface area contributed by atoms with Crippen LogP contribution in [0.3, 0.4) is 0 Å². The first kappa shape index (κ1) is 25.6. The number of nitrogens with zero attached hydrogens (tertiary/aromatic N) is 2. The topological polar surface area (TPSA) is 61.2 Å². The third-order valence-corrected chi connectivity index (χ3v) is 5.02. The van der Waals surface area contributed by atoms with Crippen molar-refractivity contribution in [1.82, 2.24) is 9.55 Å². The van der Waals surface area contributed by atoms with Crippen molar-refractivity contribution in [3.63, 3.8) is 0 Å². The van der Waals surface area contributed by atoms with E-state index in [-0.39, 0.29) is 34.6 Å².